The van der Waals surface area contributed by atoms with E-state index in [1.54, 1.807) is 19.1 Å². The first-order valence-corrected chi connectivity index (χ1v) is 9.34. The summed E-state index contributed by atoms with van der Waals surface area (Å²) in [6.07, 6.45) is 0.833. The van der Waals surface area contributed by atoms with Gasteiger partial charge in [-0.2, -0.15) is 0 Å². The smallest absolute Gasteiger partial charge is 0.233 e. The zero-order valence-electron chi connectivity index (χ0n) is 14.3. The zero-order valence-corrected chi connectivity index (χ0v) is 15.1. The van der Waals surface area contributed by atoms with E-state index in [-0.39, 0.29) is 11.7 Å². The summed E-state index contributed by atoms with van der Waals surface area (Å²) in [6, 6.07) is 7.08. The molecule has 0 aromatic heterocycles. The molecule has 0 saturated heterocycles. The van der Waals surface area contributed by atoms with Gasteiger partial charge in [-0.05, 0) is 46.1 Å². The summed E-state index contributed by atoms with van der Waals surface area (Å²) in [5.74, 6) is -1.07. The molecule has 7 heteroatoms. The molecule has 1 rings (SSSR count). The van der Waals surface area contributed by atoms with Crippen molar-refractivity contribution in [1.29, 1.82) is 0 Å². The summed E-state index contributed by atoms with van der Waals surface area (Å²) >= 11 is 0. The molecule has 1 amide bonds. The average Bonchev–Trinajstić information content (AvgIpc) is 2.44. The fourth-order valence-corrected chi connectivity index (χ4v) is 3.42. The number of aryl methyl sites for hydroxylation is 1. The molecule has 0 fully saturated rings. The van der Waals surface area contributed by atoms with Gasteiger partial charge in [0.1, 0.15) is 0 Å². The molecule has 0 heterocycles. The van der Waals surface area contributed by atoms with Crippen LogP contribution in [0.1, 0.15) is 18.9 Å². The predicted octanol–water partition coefficient (Wildman–Crippen LogP) is 1.44. The van der Waals surface area contributed by atoms with Crippen LogP contribution >= 0.6 is 0 Å². The lowest BCUT2D eigenvalue weighted by Gasteiger charge is -2.15. The molecule has 0 spiro atoms. The van der Waals surface area contributed by atoms with Gasteiger partial charge >= 0.3 is 0 Å². The van der Waals surface area contributed by atoms with Gasteiger partial charge in [0, 0.05) is 12.2 Å². The van der Waals surface area contributed by atoms with E-state index < -0.39 is 15.9 Å². The van der Waals surface area contributed by atoms with Gasteiger partial charge in [0.05, 0.1) is 11.7 Å². The van der Waals surface area contributed by atoms with Crippen LogP contribution in [0.2, 0.25) is 0 Å². The second kappa shape index (κ2) is 8.88. The van der Waals surface area contributed by atoms with Crippen molar-refractivity contribution in [2.45, 2.75) is 20.3 Å². The number of hydrogen-bond donors (Lipinski definition) is 2. The molecule has 0 aliphatic carbocycles. The molecule has 130 valence electrons. The van der Waals surface area contributed by atoms with Crippen LogP contribution in [0.15, 0.2) is 24.3 Å². The summed E-state index contributed by atoms with van der Waals surface area (Å²) in [4.78, 5) is 14.0. The Morgan fingerprint density at radius 2 is 1.83 bits per heavy atom. The van der Waals surface area contributed by atoms with E-state index in [1.807, 2.05) is 38.1 Å². The summed E-state index contributed by atoms with van der Waals surface area (Å²) < 4.78 is 26.7. The van der Waals surface area contributed by atoms with Crippen molar-refractivity contribution in [3.63, 3.8) is 0 Å². The van der Waals surface area contributed by atoms with Crippen molar-refractivity contribution in [3.05, 3.63) is 29.8 Å². The van der Waals surface area contributed by atoms with Crippen LogP contribution in [0, 0.1) is 12.8 Å². The number of sulfonamides is 1. The molecule has 1 unspecified atom stereocenters. The minimum atomic E-state index is -3.55. The van der Waals surface area contributed by atoms with E-state index in [4.69, 9.17) is 0 Å². The van der Waals surface area contributed by atoms with Crippen molar-refractivity contribution < 1.29 is 13.2 Å². The number of amides is 1. The average molecular weight is 341 g/mol. The van der Waals surface area contributed by atoms with Crippen LogP contribution in [0.3, 0.4) is 0 Å². The van der Waals surface area contributed by atoms with Gasteiger partial charge in [0.2, 0.25) is 15.9 Å². The third kappa shape index (κ3) is 7.99. The molecule has 1 aromatic carbocycles. The Balaban J connectivity index is 2.46. The lowest BCUT2D eigenvalue weighted by molar-refractivity contribution is -0.123. The molecule has 1 atom stereocenters. The number of nitrogens with one attached hydrogen (secondary N) is 2. The van der Waals surface area contributed by atoms with Crippen LogP contribution in [0.4, 0.5) is 5.69 Å². The van der Waals surface area contributed by atoms with Crippen LogP contribution in [0.25, 0.3) is 0 Å². The number of carbonyl (C=O) groups excluding carboxylic acids is 1. The molecule has 0 bridgehead atoms. The van der Waals surface area contributed by atoms with E-state index in [0.717, 1.165) is 18.5 Å². The first-order valence-electron chi connectivity index (χ1n) is 7.69. The number of hydrogen-bond acceptors (Lipinski definition) is 4. The number of nitrogens with zero attached hydrogens (tertiary/aromatic N) is 1. The highest BCUT2D eigenvalue weighted by Crippen LogP contribution is 2.12. The van der Waals surface area contributed by atoms with Crippen molar-refractivity contribution in [2.75, 3.05) is 37.7 Å². The molecule has 23 heavy (non-hydrogen) atoms. The maximum absolute atomic E-state index is 12.1. The minimum Gasteiger partial charge on any atom is -0.356 e. The number of carbonyl (C=O) groups is 1. The van der Waals surface area contributed by atoms with Gasteiger partial charge in [-0.3, -0.25) is 9.52 Å². The third-order valence-electron chi connectivity index (χ3n) is 3.32. The van der Waals surface area contributed by atoms with Crippen molar-refractivity contribution in [2.24, 2.45) is 5.92 Å². The molecular weight excluding hydrogens is 314 g/mol. The Morgan fingerprint density at radius 3 is 2.39 bits per heavy atom. The highest BCUT2D eigenvalue weighted by molar-refractivity contribution is 7.92. The molecule has 2 N–H and O–H groups in total. The standard InChI is InChI=1S/C16H27N3O3S/c1-13-6-8-15(9-7-13)18-23(21,22)12-14(2)16(20)17-10-5-11-19(3)4/h6-9,14,18H,5,10-12H2,1-4H3,(H,17,20). The van der Waals surface area contributed by atoms with Crippen molar-refractivity contribution in [3.8, 4) is 0 Å². The van der Waals surface area contributed by atoms with Crippen LogP contribution in [-0.2, 0) is 14.8 Å². The van der Waals surface area contributed by atoms with E-state index in [1.165, 1.54) is 0 Å². The highest BCUT2D eigenvalue weighted by atomic mass is 32.2. The maximum atomic E-state index is 12.1. The lowest BCUT2D eigenvalue weighted by atomic mass is 10.2. The number of anilines is 1. The van der Waals surface area contributed by atoms with Crippen molar-refractivity contribution >= 4 is 21.6 Å². The van der Waals surface area contributed by atoms with Gasteiger partial charge in [0.15, 0.2) is 0 Å². The van der Waals surface area contributed by atoms with E-state index in [2.05, 4.69) is 10.0 Å². The summed E-state index contributed by atoms with van der Waals surface area (Å²) in [5, 5.41) is 2.77. The van der Waals surface area contributed by atoms with Gasteiger partial charge in [-0.1, -0.05) is 24.6 Å². The van der Waals surface area contributed by atoms with Gasteiger partial charge < -0.3 is 10.2 Å². The second-order valence-electron chi connectivity index (χ2n) is 6.10. The zero-order chi connectivity index (χ0) is 17.5. The van der Waals surface area contributed by atoms with Gasteiger partial charge in [0.25, 0.3) is 0 Å². The molecular formula is C16H27N3O3S. The van der Waals surface area contributed by atoms with E-state index in [0.29, 0.717) is 12.2 Å². The molecule has 0 saturated carbocycles. The Labute approximate surface area is 139 Å². The summed E-state index contributed by atoms with van der Waals surface area (Å²) in [7, 11) is 0.377. The molecule has 0 aliphatic heterocycles. The Kier molecular flexibility index (Phi) is 7.51. The van der Waals surface area contributed by atoms with E-state index in [9.17, 15) is 13.2 Å². The second-order valence-corrected chi connectivity index (χ2v) is 7.87. The normalized spacial score (nSPS) is 12.9. The fraction of sp³-hybridized carbons (Fsp3) is 0.562. The first-order chi connectivity index (χ1) is 10.7. The Hall–Kier alpha value is -1.60. The van der Waals surface area contributed by atoms with E-state index >= 15 is 0 Å². The molecule has 0 aliphatic rings. The Bertz CT molecular complexity index is 598. The Morgan fingerprint density at radius 1 is 1.22 bits per heavy atom. The fourth-order valence-electron chi connectivity index (χ4n) is 2.03. The summed E-state index contributed by atoms with van der Waals surface area (Å²) in [6.45, 7) is 4.98. The lowest BCUT2D eigenvalue weighted by Crippen LogP contribution is -2.35. The molecule has 0 radical (unpaired) electrons. The molecule has 6 nitrogen and oxygen atoms in total. The molecule has 1 aromatic rings. The largest absolute Gasteiger partial charge is 0.356 e. The van der Waals surface area contributed by atoms with Crippen LogP contribution in [0.5, 0.6) is 0 Å². The topological polar surface area (TPSA) is 78.5 Å². The monoisotopic (exact) mass is 341 g/mol. The maximum Gasteiger partial charge on any atom is 0.233 e. The number of benzene rings is 1. The van der Waals surface area contributed by atoms with Gasteiger partial charge in [-0.25, -0.2) is 8.42 Å². The summed E-state index contributed by atoms with van der Waals surface area (Å²) in [5.41, 5.74) is 1.56. The predicted molar refractivity (Wildman–Crippen MR) is 93.9 cm³/mol. The third-order valence-corrected chi connectivity index (χ3v) is 4.81. The SMILES string of the molecule is Cc1ccc(NS(=O)(=O)CC(C)C(=O)NCCCN(C)C)cc1. The van der Waals surface area contributed by atoms with Crippen LogP contribution in [-0.4, -0.2) is 52.2 Å². The van der Waals surface area contributed by atoms with Crippen LogP contribution < -0.4 is 10.0 Å². The number of rotatable bonds is 9. The first kappa shape index (κ1) is 19.4. The minimum absolute atomic E-state index is 0.236. The quantitative estimate of drug-likeness (QED) is 0.666. The highest BCUT2D eigenvalue weighted by Gasteiger charge is 2.21. The van der Waals surface area contributed by atoms with Gasteiger partial charge in [-0.15, -0.1) is 0 Å². The van der Waals surface area contributed by atoms with Crippen molar-refractivity contribution in [1.82, 2.24) is 10.2 Å².